The van der Waals surface area contributed by atoms with E-state index < -0.39 is 10.0 Å². The molecule has 0 unspecified atom stereocenters. The van der Waals surface area contributed by atoms with Crippen LogP contribution in [0.15, 0.2) is 35.2 Å². The van der Waals surface area contributed by atoms with E-state index in [2.05, 4.69) is 10.8 Å². The van der Waals surface area contributed by atoms with Gasteiger partial charge in [0.05, 0.1) is 4.90 Å². The van der Waals surface area contributed by atoms with Gasteiger partial charge in [0.15, 0.2) is 11.5 Å². The lowest BCUT2D eigenvalue weighted by atomic mass is 10.1. The highest BCUT2D eigenvalue weighted by Gasteiger charge is 2.19. The summed E-state index contributed by atoms with van der Waals surface area (Å²) < 4.78 is 44.0. The fourth-order valence-corrected chi connectivity index (χ4v) is 3.73. The van der Waals surface area contributed by atoms with Crippen LogP contribution in [0.25, 0.3) is 0 Å². The minimum Gasteiger partial charge on any atom is -0.492 e. The van der Waals surface area contributed by atoms with Crippen molar-refractivity contribution in [2.75, 3.05) is 26.4 Å². The van der Waals surface area contributed by atoms with Gasteiger partial charge in [-0.3, -0.25) is 0 Å². The molecule has 2 aromatic rings. The van der Waals surface area contributed by atoms with Crippen molar-refractivity contribution in [1.82, 2.24) is 4.72 Å². The number of hydrogen-bond acceptors (Lipinski definition) is 5. The molecule has 0 bridgehead atoms. The van der Waals surface area contributed by atoms with Crippen LogP contribution in [0.2, 0.25) is 0 Å². The van der Waals surface area contributed by atoms with Gasteiger partial charge < -0.3 is 14.2 Å². The van der Waals surface area contributed by atoms with Crippen LogP contribution >= 0.6 is 0 Å². The molecule has 0 saturated carbocycles. The van der Waals surface area contributed by atoms with Crippen molar-refractivity contribution in [3.63, 3.8) is 0 Å². The Labute approximate surface area is 154 Å². The maximum absolute atomic E-state index is 12.4. The molecule has 1 aliphatic rings. The van der Waals surface area contributed by atoms with Crippen LogP contribution in [-0.2, 0) is 10.0 Å². The summed E-state index contributed by atoms with van der Waals surface area (Å²) >= 11 is 0. The molecule has 0 amide bonds. The summed E-state index contributed by atoms with van der Waals surface area (Å²) in [4.78, 5) is 0.143. The third kappa shape index (κ3) is 4.11. The zero-order valence-corrected chi connectivity index (χ0v) is 16.0. The molecule has 140 valence electrons. The molecular formula is C19H23NO5S. The van der Waals surface area contributed by atoms with Gasteiger partial charge in [0.2, 0.25) is 10.0 Å². The van der Waals surface area contributed by atoms with E-state index in [1.807, 2.05) is 26.8 Å². The van der Waals surface area contributed by atoms with Crippen LogP contribution in [0, 0.1) is 20.8 Å². The molecule has 0 aliphatic carbocycles. The van der Waals surface area contributed by atoms with Gasteiger partial charge in [-0.25, -0.2) is 13.1 Å². The Hall–Kier alpha value is -2.25. The minimum atomic E-state index is -3.64. The third-order valence-electron chi connectivity index (χ3n) is 4.27. The quantitative estimate of drug-likeness (QED) is 0.784. The number of ether oxygens (including phenoxy) is 3. The van der Waals surface area contributed by atoms with Gasteiger partial charge in [0, 0.05) is 12.6 Å². The number of hydrogen-bond donors (Lipinski definition) is 1. The molecule has 0 saturated heterocycles. The highest BCUT2D eigenvalue weighted by molar-refractivity contribution is 7.89. The Morgan fingerprint density at radius 1 is 0.962 bits per heavy atom. The van der Waals surface area contributed by atoms with Gasteiger partial charge in [-0.1, -0.05) is 6.07 Å². The van der Waals surface area contributed by atoms with E-state index in [1.54, 1.807) is 6.07 Å². The second kappa shape index (κ2) is 7.55. The van der Waals surface area contributed by atoms with Gasteiger partial charge in [0.25, 0.3) is 0 Å². The second-order valence-corrected chi connectivity index (χ2v) is 8.02. The standard InChI is InChI=1S/C19H23NO5S/c1-13-10-15(3)18(11-14(13)2)23-7-6-20-26(21,22)16-4-5-17-19(12-16)25-9-8-24-17/h4-5,10-12,20H,6-9H2,1-3H3. The van der Waals surface area contributed by atoms with Crippen molar-refractivity contribution >= 4 is 10.0 Å². The van der Waals surface area contributed by atoms with E-state index in [0.29, 0.717) is 24.7 Å². The lowest BCUT2D eigenvalue weighted by Crippen LogP contribution is -2.28. The van der Waals surface area contributed by atoms with Crippen molar-refractivity contribution in [1.29, 1.82) is 0 Å². The number of sulfonamides is 1. The summed E-state index contributed by atoms with van der Waals surface area (Å²) in [5.41, 5.74) is 3.37. The van der Waals surface area contributed by atoms with Crippen LogP contribution in [0.1, 0.15) is 16.7 Å². The molecule has 2 aromatic carbocycles. The summed E-state index contributed by atoms with van der Waals surface area (Å²) in [6.45, 7) is 7.33. The number of fused-ring (bicyclic) bond motifs is 1. The molecule has 0 radical (unpaired) electrons. The Morgan fingerprint density at radius 3 is 2.42 bits per heavy atom. The molecule has 1 aliphatic heterocycles. The summed E-state index contributed by atoms with van der Waals surface area (Å²) in [5, 5.41) is 0. The Morgan fingerprint density at radius 2 is 1.65 bits per heavy atom. The van der Waals surface area contributed by atoms with Crippen molar-refractivity contribution in [3.05, 3.63) is 47.0 Å². The van der Waals surface area contributed by atoms with Crippen LogP contribution in [-0.4, -0.2) is 34.8 Å². The zero-order chi connectivity index (χ0) is 18.7. The largest absolute Gasteiger partial charge is 0.492 e. The maximum Gasteiger partial charge on any atom is 0.240 e. The molecule has 1 heterocycles. The molecule has 3 rings (SSSR count). The zero-order valence-electron chi connectivity index (χ0n) is 15.2. The van der Waals surface area contributed by atoms with Crippen molar-refractivity contribution in [2.24, 2.45) is 0 Å². The Bertz CT molecular complexity index is 908. The first-order valence-electron chi connectivity index (χ1n) is 8.47. The first kappa shape index (κ1) is 18.5. The average Bonchev–Trinajstić information content (AvgIpc) is 2.62. The highest BCUT2D eigenvalue weighted by atomic mass is 32.2. The lowest BCUT2D eigenvalue weighted by molar-refractivity contribution is 0.171. The molecule has 1 N–H and O–H groups in total. The molecule has 0 atom stereocenters. The minimum absolute atomic E-state index is 0.143. The van der Waals surface area contributed by atoms with Gasteiger partial charge in [-0.2, -0.15) is 0 Å². The van der Waals surface area contributed by atoms with Gasteiger partial charge >= 0.3 is 0 Å². The number of benzene rings is 2. The van der Waals surface area contributed by atoms with Crippen molar-refractivity contribution in [3.8, 4) is 17.2 Å². The van der Waals surface area contributed by atoms with Crippen LogP contribution < -0.4 is 18.9 Å². The summed E-state index contributed by atoms with van der Waals surface area (Å²) in [5.74, 6) is 1.77. The number of rotatable bonds is 6. The van der Waals surface area contributed by atoms with Crippen LogP contribution in [0.4, 0.5) is 0 Å². The Kier molecular flexibility index (Phi) is 5.38. The molecule has 0 aromatic heterocycles. The first-order valence-corrected chi connectivity index (χ1v) is 9.95. The summed E-state index contributed by atoms with van der Waals surface area (Å²) in [6, 6.07) is 8.62. The molecule has 6 nitrogen and oxygen atoms in total. The van der Waals surface area contributed by atoms with E-state index in [0.717, 1.165) is 16.9 Å². The first-order chi connectivity index (χ1) is 12.4. The van der Waals surface area contributed by atoms with Crippen molar-refractivity contribution < 1.29 is 22.6 Å². The molecule has 0 fully saturated rings. The van der Waals surface area contributed by atoms with Gasteiger partial charge in [0.1, 0.15) is 25.6 Å². The monoisotopic (exact) mass is 377 g/mol. The van der Waals surface area contributed by atoms with E-state index >= 15 is 0 Å². The van der Waals surface area contributed by atoms with Gasteiger partial charge in [-0.05, 0) is 55.7 Å². The number of aryl methyl sites for hydroxylation is 3. The van der Waals surface area contributed by atoms with E-state index in [-0.39, 0.29) is 18.0 Å². The average molecular weight is 377 g/mol. The van der Waals surface area contributed by atoms with E-state index in [1.165, 1.54) is 17.7 Å². The topological polar surface area (TPSA) is 73.9 Å². The van der Waals surface area contributed by atoms with Crippen molar-refractivity contribution in [2.45, 2.75) is 25.7 Å². The van der Waals surface area contributed by atoms with E-state index in [4.69, 9.17) is 14.2 Å². The third-order valence-corrected chi connectivity index (χ3v) is 5.73. The smallest absolute Gasteiger partial charge is 0.240 e. The van der Waals surface area contributed by atoms with E-state index in [9.17, 15) is 8.42 Å². The van der Waals surface area contributed by atoms with Crippen LogP contribution in [0.3, 0.4) is 0 Å². The summed E-state index contributed by atoms with van der Waals surface area (Å²) in [6.07, 6.45) is 0. The fraction of sp³-hybridized carbons (Fsp3) is 0.368. The fourth-order valence-electron chi connectivity index (χ4n) is 2.70. The molecular weight excluding hydrogens is 354 g/mol. The normalized spacial score (nSPS) is 13.5. The maximum atomic E-state index is 12.4. The number of nitrogens with one attached hydrogen (secondary N) is 1. The lowest BCUT2D eigenvalue weighted by Gasteiger charge is -2.19. The highest BCUT2D eigenvalue weighted by Crippen LogP contribution is 2.32. The molecule has 0 spiro atoms. The van der Waals surface area contributed by atoms with Crippen LogP contribution in [0.5, 0.6) is 17.2 Å². The molecule has 26 heavy (non-hydrogen) atoms. The SMILES string of the molecule is Cc1cc(C)c(OCCNS(=O)(=O)c2ccc3c(c2)OCCO3)cc1C. The second-order valence-electron chi connectivity index (χ2n) is 6.25. The Balaban J connectivity index is 1.60. The summed E-state index contributed by atoms with van der Waals surface area (Å²) in [7, 11) is -3.64. The predicted molar refractivity (Wildman–Crippen MR) is 98.8 cm³/mol. The molecule has 7 heteroatoms. The predicted octanol–water partition coefficient (Wildman–Crippen LogP) is 2.74. The van der Waals surface area contributed by atoms with Gasteiger partial charge in [-0.15, -0.1) is 0 Å².